The number of benzene rings is 1. The van der Waals surface area contributed by atoms with Gasteiger partial charge >= 0.3 is 0 Å². The molecule has 0 aliphatic heterocycles. The molecule has 144 valence electrons. The lowest BCUT2D eigenvalue weighted by atomic mass is 9.91. The lowest BCUT2D eigenvalue weighted by Crippen LogP contribution is -2.29. The number of anilines is 2. The molecule has 0 saturated heterocycles. The number of nitrogens with zero attached hydrogens (tertiary/aromatic N) is 2. The fourth-order valence-corrected chi connectivity index (χ4v) is 3.08. The molecule has 1 aromatic carbocycles. The van der Waals surface area contributed by atoms with Crippen molar-refractivity contribution in [1.29, 1.82) is 0 Å². The maximum Gasteiger partial charge on any atom is 0.261 e. The van der Waals surface area contributed by atoms with Crippen molar-refractivity contribution >= 4 is 39.0 Å². The number of halogens is 1. The van der Waals surface area contributed by atoms with Gasteiger partial charge in [-0.15, -0.1) is 0 Å². The quantitative estimate of drug-likeness (QED) is 0.534. The van der Waals surface area contributed by atoms with Crippen molar-refractivity contribution in [3.05, 3.63) is 46.2 Å². The summed E-state index contributed by atoms with van der Waals surface area (Å²) in [6.07, 6.45) is 1.69. The molecule has 7 heteroatoms. The molecule has 1 amide bonds. The van der Waals surface area contributed by atoms with Crippen molar-refractivity contribution < 1.29 is 4.79 Å². The van der Waals surface area contributed by atoms with Crippen LogP contribution in [0.2, 0.25) is 0 Å². The van der Waals surface area contributed by atoms with E-state index in [2.05, 4.69) is 73.2 Å². The zero-order valence-electron chi connectivity index (χ0n) is 16.6. The van der Waals surface area contributed by atoms with Gasteiger partial charge in [0, 0.05) is 27.3 Å². The molecular weight excluding hydrogens is 406 g/mol. The average molecular weight is 432 g/mol. The Morgan fingerprint density at radius 3 is 2.30 bits per heavy atom. The lowest BCUT2D eigenvalue weighted by molar-refractivity contribution is 0.102. The number of aromatic nitrogens is 3. The van der Waals surface area contributed by atoms with Gasteiger partial charge < -0.3 is 10.6 Å². The molecule has 0 saturated carbocycles. The van der Waals surface area contributed by atoms with Crippen LogP contribution in [0.4, 0.5) is 11.5 Å². The van der Waals surface area contributed by atoms with Crippen LogP contribution in [-0.4, -0.2) is 26.0 Å². The van der Waals surface area contributed by atoms with Gasteiger partial charge in [-0.2, -0.15) is 0 Å². The molecule has 0 fully saturated rings. The van der Waals surface area contributed by atoms with E-state index in [0.717, 1.165) is 21.7 Å². The summed E-state index contributed by atoms with van der Waals surface area (Å²) < 4.78 is 2.81. The van der Waals surface area contributed by atoms with Gasteiger partial charge in [-0.05, 0) is 45.0 Å². The molecule has 3 aromatic rings. The van der Waals surface area contributed by atoms with Gasteiger partial charge in [0.25, 0.3) is 5.91 Å². The maximum atomic E-state index is 12.8. The summed E-state index contributed by atoms with van der Waals surface area (Å²) in [6, 6.07) is 7.48. The first kappa shape index (κ1) is 19.5. The SMILES string of the molecule is CC(C)(C)Nc1c(C(C)(C)C)nc2c(C(=O)Nc3ccc(Br)cc3)c[nH]n12. The third-order valence-corrected chi connectivity index (χ3v) is 4.54. The molecule has 0 spiro atoms. The molecule has 3 N–H and O–H groups in total. The number of imidazole rings is 1. The van der Waals surface area contributed by atoms with E-state index < -0.39 is 0 Å². The van der Waals surface area contributed by atoms with Crippen molar-refractivity contribution in [3.8, 4) is 0 Å². The summed E-state index contributed by atoms with van der Waals surface area (Å²) in [4.78, 5) is 17.6. The zero-order chi connectivity index (χ0) is 20.0. The molecule has 0 radical (unpaired) electrons. The molecule has 3 rings (SSSR count). The van der Waals surface area contributed by atoms with Crippen LogP contribution in [0.15, 0.2) is 34.9 Å². The average Bonchev–Trinajstić information content (AvgIpc) is 3.08. The fraction of sp³-hybridized carbons (Fsp3) is 0.400. The Morgan fingerprint density at radius 1 is 1.11 bits per heavy atom. The van der Waals surface area contributed by atoms with Gasteiger partial charge in [0.05, 0.1) is 5.69 Å². The Bertz CT molecular complexity index is 971. The largest absolute Gasteiger partial charge is 0.364 e. The van der Waals surface area contributed by atoms with E-state index in [4.69, 9.17) is 4.98 Å². The second-order valence-corrected chi connectivity index (χ2v) is 9.66. The van der Waals surface area contributed by atoms with Crippen molar-refractivity contribution in [3.63, 3.8) is 0 Å². The molecule has 0 atom stereocenters. The summed E-state index contributed by atoms with van der Waals surface area (Å²) in [5.74, 6) is 0.684. The van der Waals surface area contributed by atoms with Crippen molar-refractivity contribution in [2.45, 2.75) is 52.5 Å². The minimum atomic E-state index is -0.198. The maximum absolute atomic E-state index is 12.8. The highest BCUT2D eigenvalue weighted by Crippen LogP contribution is 2.32. The van der Waals surface area contributed by atoms with Crippen molar-refractivity contribution in [2.24, 2.45) is 0 Å². The number of carbonyl (C=O) groups is 1. The second kappa shape index (κ2) is 6.71. The molecule has 27 heavy (non-hydrogen) atoms. The van der Waals surface area contributed by atoms with Crippen LogP contribution in [-0.2, 0) is 5.41 Å². The zero-order valence-corrected chi connectivity index (χ0v) is 18.2. The van der Waals surface area contributed by atoms with E-state index in [-0.39, 0.29) is 16.9 Å². The number of nitrogens with one attached hydrogen (secondary N) is 3. The van der Waals surface area contributed by atoms with Crippen LogP contribution in [0.1, 0.15) is 57.6 Å². The predicted octanol–water partition coefficient (Wildman–Crippen LogP) is 5.19. The Balaban J connectivity index is 2.02. The molecule has 2 aromatic heterocycles. The van der Waals surface area contributed by atoms with Gasteiger partial charge in [-0.25, -0.2) is 9.50 Å². The molecular formula is C20H26BrN5O. The third kappa shape index (κ3) is 4.18. The standard InChI is InChI=1S/C20H26BrN5O/c1-19(2,3)15-17(25-20(4,5)6)26-16(24-15)14(11-22-26)18(27)23-13-9-7-12(21)8-10-13/h7-11,22,25H,1-6H3,(H,23,27). The summed E-state index contributed by atoms with van der Waals surface area (Å²) in [5, 5.41) is 9.62. The number of hydrogen-bond acceptors (Lipinski definition) is 3. The first-order valence-electron chi connectivity index (χ1n) is 8.91. The number of rotatable bonds is 3. The minimum absolute atomic E-state index is 0.138. The van der Waals surface area contributed by atoms with Crippen molar-refractivity contribution in [1.82, 2.24) is 14.6 Å². The smallest absolute Gasteiger partial charge is 0.261 e. The lowest BCUT2D eigenvalue weighted by Gasteiger charge is -2.25. The topological polar surface area (TPSA) is 74.2 Å². The van der Waals surface area contributed by atoms with E-state index in [1.807, 2.05) is 28.8 Å². The monoisotopic (exact) mass is 431 g/mol. The number of H-pyrrole nitrogens is 1. The van der Waals surface area contributed by atoms with E-state index in [9.17, 15) is 4.79 Å². The number of aromatic amines is 1. The first-order valence-corrected chi connectivity index (χ1v) is 9.70. The number of hydrogen-bond donors (Lipinski definition) is 3. The normalized spacial score (nSPS) is 12.4. The van der Waals surface area contributed by atoms with Gasteiger partial charge in [0.2, 0.25) is 0 Å². The highest BCUT2D eigenvalue weighted by atomic mass is 79.9. The van der Waals surface area contributed by atoms with E-state index in [1.165, 1.54) is 0 Å². The minimum Gasteiger partial charge on any atom is -0.364 e. The summed E-state index contributed by atoms with van der Waals surface area (Å²) >= 11 is 3.40. The van der Waals surface area contributed by atoms with Crippen LogP contribution in [0.3, 0.4) is 0 Å². The Kier molecular flexibility index (Phi) is 4.84. The Hall–Kier alpha value is -2.28. The summed E-state index contributed by atoms with van der Waals surface area (Å²) in [5.41, 5.74) is 2.47. The van der Waals surface area contributed by atoms with Crippen LogP contribution in [0, 0.1) is 0 Å². The molecule has 0 aliphatic rings. The van der Waals surface area contributed by atoms with Crippen LogP contribution >= 0.6 is 15.9 Å². The highest BCUT2D eigenvalue weighted by Gasteiger charge is 2.29. The predicted molar refractivity (Wildman–Crippen MR) is 114 cm³/mol. The van der Waals surface area contributed by atoms with Crippen molar-refractivity contribution in [2.75, 3.05) is 10.6 Å². The Morgan fingerprint density at radius 2 is 1.74 bits per heavy atom. The van der Waals surface area contributed by atoms with E-state index in [0.29, 0.717) is 11.2 Å². The molecule has 6 nitrogen and oxygen atoms in total. The first-order chi connectivity index (χ1) is 12.5. The Labute approximate surface area is 167 Å². The molecule has 0 bridgehead atoms. The number of carbonyl (C=O) groups excluding carboxylic acids is 1. The number of fused-ring (bicyclic) bond motifs is 1. The molecule has 2 heterocycles. The third-order valence-electron chi connectivity index (χ3n) is 4.01. The van der Waals surface area contributed by atoms with Crippen LogP contribution in [0.5, 0.6) is 0 Å². The second-order valence-electron chi connectivity index (χ2n) is 8.74. The molecule has 0 aliphatic carbocycles. The van der Waals surface area contributed by atoms with Gasteiger partial charge in [0.1, 0.15) is 5.56 Å². The van der Waals surface area contributed by atoms with Crippen LogP contribution in [0.25, 0.3) is 5.65 Å². The fourth-order valence-electron chi connectivity index (χ4n) is 2.81. The molecule has 0 unspecified atom stereocenters. The van der Waals surface area contributed by atoms with Gasteiger partial charge in [-0.1, -0.05) is 36.7 Å². The van der Waals surface area contributed by atoms with Gasteiger partial charge in [0.15, 0.2) is 11.5 Å². The highest BCUT2D eigenvalue weighted by molar-refractivity contribution is 9.10. The van der Waals surface area contributed by atoms with Crippen LogP contribution < -0.4 is 10.6 Å². The summed E-state index contributed by atoms with van der Waals surface area (Å²) in [6.45, 7) is 12.6. The van der Waals surface area contributed by atoms with E-state index >= 15 is 0 Å². The summed E-state index contributed by atoms with van der Waals surface area (Å²) in [7, 11) is 0. The van der Waals surface area contributed by atoms with Gasteiger partial charge in [-0.3, -0.25) is 9.89 Å². The number of amides is 1. The van der Waals surface area contributed by atoms with E-state index in [1.54, 1.807) is 6.20 Å².